The minimum Gasteiger partial charge on any atom is -0.491 e. The second-order valence-corrected chi connectivity index (χ2v) is 8.27. The van der Waals surface area contributed by atoms with Gasteiger partial charge in [0, 0.05) is 25.6 Å². The first-order valence-electron chi connectivity index (χ1n) is 10.7. The predicted molar refractivity (Wildman–Crippen MR) is 119 cm³/mol. The summed E-state index contributed by atoms with van der Waals surface area (Å²) in [5.41, 5.74) is 2.48. The number of aromatic nitrogens is 4. The molecule has 162 valence electrons. The van der Waals surface area contributed by atoms with Crippen molar-refractivity contribution >= 4 is 28.4 Å². The third-order valence-corrected chi connectivity index (χ3v) is 4.64. The lowest BCUT2D eigenvalue weighted by atomic mass is 10.1. The molecule has 1 amide bonds. The average molecular weight is 413 g/mol. The molecule has 2 N–H and O–H groups in total. The van der Waals surface area contributed by atoms with E-state index in [0.29, 0.717) is 30.3 Å². The molecular formula is C22H32N6O2. The van der Waals surface area contributed by atoms with Crippen molar-refractivity contribution in [2.45, 2.75) is 60.0 Å². The minimum absolute atomic E-state index is 0.0986. The largest absolute Gasteiger partial charge is 0.491 e. The van der Waals surface area contributed by atoms with Crippen LogP contribution in [0.25, 0.3) is 16.7 Å². The molecule has 0 saturated heterocycles. The van der Waals surface area contributed by atoms with Gasteiger partial charge in [-0.15, -0.1) is 10.2 Å². The minimum atomic E-state index is 0.0986. The van der Waals surface area contributed by atoms with Crippen molar-refractivity contribution in [2.75, 3.05) is 18.4 Å². The Balaban J connectivity index is 1.68. The maximum absolute atomic E-state index is 11.7. The van der Waals surface area contributed by atoms with Crippen molar-refractivity contribution in [2.24, 2.45) is 5.92 Å². The normalized spacial score (nSPS) is 11.6. The summed E-state index contributed by atoms with van der Waals surface area (Å²) in [4.78, 5) is 16.5. The Morgan fingerprint density at radius 2 is 1.90 bits per heavy atom. The lowest BCUT2D eigenvalue weighted by Gasteiger charge is -2.13. The number of hydrogen-bond donors (Lipinski definition) is 2. The fourth-order valence-corrected chi connectivity index (χ4v) is 3.35. The first-order valence-corrected chi connectivity index (χ1v) is 10.7. The van der Waals surface area contributed by atoms with Crippen LogP contribution >= 0.6 is 0 Å². The number of amides is 1. The molecule has 2 heterocycles. The summed E-state index contributed by atoms with van der Waals surface area (Å²) >= 11 is 0. The van der Waals surface area contributed by atoms with E-state index in [2.05, 4.69) is 20.8 Å². The number of carbonyl (C=O) groups excluding carboxylic acids is 1. The summed E-state index contributed by atoms with van der Waals surface area (Å²) in [6.07, 6.45) is 2.49. The SMILES string of the molecule is Cc1nnc2c(NCCCCNC(=O)CC(C)C)nc3cc(OC(C)C)ccc3n12. The van der Waals surface area contributed by atoms with Crippen molar-refractivity contribution in [3.05, 3.63) is 24.0 Å². The van der Waals surface area contributed by atoms with E-state index >= 15 is 0 Å². The van der Waals surface area contributed by atoms with Crippen LogP contribution in [-0.2, 0) is 4.79 Å². The molecule has 0 saturated carbocycles. The van der Waals surface area contributed by atoms with Crippen molar-refractivity contribution in [1.29, 1.82) is 0 Å². The van der Waals surface area contributed by atoms with Gasteiger partial charge in [-0.05, 0) is 51.7 Å². The number of fused-ring (bicyclic) bond motifs is 3. The van der Waals surface area contributed by atoms with Crippen LogP contribution in [0.2, 0.25) is 0 Å². The zero-order chi connectivity index (χ0) is 21.7. The topological polar surface area (TPSA) is 93.4 Å². The lowest BCUT2D eigenvalue weighted by molar-refractivity contribution is -0.121. The summed E-state index contributed by atoms with van der Waals surface area (Å²) in [5, 5.41) is 14.9. The number of unbranched alkanes of at least 4 members (excludes halogenated alkanes) is 1. The Morgan fingerprint density at radius 1 is 1.13 bits per heavy atom. The smallest absolute Gasteiger partial charge is 0.220 e. The number of aryl methyl sites for hydroxylation is 1. The summed E-state index contributed by atoms with van der Waals surface area (Å²) in [5.74, 6) is 2.80. The lowest BCUT2D eigenvalue weighted by Crippen LogP contribution is -2.25. The van der Waals surface area contributed by atoms with Gasteiger partial charge < -0.3 is 15.4 Å². The van der Waals surface area contributed by atoms with Crippen molar-refractivity contribution in [3.8, 4) is 5.75 Å². The molecule has 1 aromatic carbocycles. The van der Waals surface area contributed by atoms with Crippen molar-refractivity contribution in [3.63, 3.8) is 0 Å². The van der Waals surface area contributed by atoms with Crippen molar-refractivity contribution in [1.82, 2.24) is 24.9 Å². The summed E-state index contributed by atoms with van der Waals surface area (Å²) in [6.45, 7) is 11.5. The number of nitrogens with zero attached hydrogens (tertiary/aromatic N) is 4. The summed E-state index contributed by atoms with van der Waals surface area (Å²) < 4.78 is 7.83. The van der Waals surface area contributed by atoms with Gasteiger partial charge in [0.25, 0.3) is 0 Å². The van der Waals surface area contributed by atoms with Crippen LogP contribution in [-0.4, -0.2) is 44.7 Å². The zero-order valence-electron chi connectivity index (χ0n) is 18.5. The summed E-state index contributed by atoms with van der Waals surface area (Å²) in [6, 6.07) is 5.89. The molecule has 0 aliphatic carbocycles. The van der Waals surface area contributed by atoms with E-state index in [1.165, 1.54) is 0 Å². The molecule has 2 aromatic heterocycles. The summed E-state index contributed by atoms with van der Waals surface area (Å²) in [7, 11) is 0. The van der Waals surface area contributed by atoms with Gasteiger partial charge in [-0.1, -0.05) is 13.8 Å². The Bertz CT molecular complexity index is 1010. The van der Waals surface area contributed by atoms with Crippen LogP contribution in [0, 0.1) is 12.8 Å². The Labute approximate surface area is 177 Å². The number of carbonyl (C=O) groups is 1. The van der Waals surface area contributed by atoms with Crippen LogP contribution in [0.1, 0.15) is 52.8 Å². The fraction of sp³-hybridized carbons (Fsp3) is 0.545. The molecule has 0 aliphatic rings. The molecule has 0 unspecified atom stereocenters. The monoisotopic (exact) mass is 412 g/mol. The van der Waals surface area contributed by atoms with E-state index in [1.807, 2.05) is 57.2 Å². The first-order chi connectivity index (χ1) is 14.3. The van der Waals surface area contributed by atoms with Gasteiger partial charge in [-0.3, -0.25) is 9.20 Å². The Kier molecular flexibility index (Phi) is 7.07. The molecule has 0 atom stereocenters. The van der Waals surface area contributed by atoms with Crippen LogP contribution in [0.15, 0.2) is 18.2 Å². The van der Waals surface area contributed by atoms with Crippen LogP contribution in [0.5, 0.6) is 5.75 Å². The number of ether oxygens (including phenoxy) is 1. The van der Waals surface area contributed by atoms with Gasteiger partial charge in [-0.2, -0.15) is 0 Å². The molecule has 3 aromatic rings. The van der Waals surface area contributed by atoms with Gasteiger partial charge in [0.2, 0.25) is 11.6 Å². The molecule has 30 heavy (non-hydrogen) atoms. The number of anilines is 1. The van der Waals surface area contributed by atoms with E-state index in [0.717, 1.165) is 42.0 Å². The van der Waals surface area contributed by atoms with Crippen LogP contribution in [0.3, 0.4) is 0 Å². The molecule has 8 nitrogen and oxygen atoms in total. The van der Waals surface area contributed by atoms with Gasteiger partial charge in [0.05, 0.1) is 17.1 Å². The van der Waals surface area contributed by atoms with Gasteiger partial charge >= 0.3 is 0 Å². The number of benzene rings is 1. The molecule has 0 aliphatic heterocycles. The second-order valence-electron chi connectivity index (χ2n) is 8.27. The highest BCUT2D eigenvalue weighted by atomic mass is 16.5. The number of rotatable bonds is 10. The van der Waals surface area contributed by atoms with Crippen LogP contribution in [0.4, 0.5) is 5.82 Å². The molecule has 0 fully saturated rings. The maximum atomic E-state index is 11.7. The highest BCUT2D eigenvalue weighted by Gasteiger charge is 2.14. The molecule has 0 spiro atoms. The van der Waals surface area contributed by atoms with E-state index in [4.69, 9.17) is 9.72 Å². The molecule has 0 bridgehead atoms. The average Bonchev–Trinajstić information content (AvgIpc) is 3.05. The maximum Gasteiger partial charge on any atom is 0.220 e. The number of nitrogens with one attached hydrogen (secondary N) is 2. The molecular weight excluding hydrogens is 380 g/mol. The second kappa shape index (κ2) is 9.73. The Morgan fingerprint density at radius 3 is 2.63 bits per heavy atom. The van der Waals surface area contributed by atoms with E-state index < -0.39 is 0 Å². The van der Waals surface area contributed by atoms with E-state index in [1.54, 1.807) is 0 Å². The molecule has 8 heteroatoms. The van der Waals surface area contributed by atoms with Gasteiger partial charge in [0.1, 0.15) is 11.6 Å². The van der Waals surface area contributed by atoms with Gasteiger partial charge in [0.15, 0.2) is 5.82 Å². The van der Waals surface area contributed by atoms with Crippen LogP contribution < -0.4 is 15.4 Å². The van der Waals surface area contributed by atoms with Gasteiger partial charge in [-0.25, -0.2) is 4.98 Å². The predicted octanol–water partition coefficient (Wildman–Crippen LogP) is 3.73. The van der Waals surface area contributed by atoms with E-state index in [9.17, 15) is 4.79 Å². The Hall–Kier alpha value is -2.90. The van der Waals surface area contributed by atoms with E-state index in [-0.39, 0.29) is 12.0 Å². The third kappa shape index (κ3) is 5.37. The fourth-order valence-electron chi connectivity index (χ4n) is 3.35. The molecule has 3 rings (SSSR count). The van der Waals surface area contributed by atoms with Crippen molar-refractivity contribution < 1.29 is 9.53 Å². The quantitative estimate of drug-likeness (QED) is 0.493. The third-order valence-electron chi connectivity index (χ3n) is 4.64. The highest BCUT2D eigenvalue weighted by Crippen LogP contribution is 2.25. The molecule has 0 radical (unpaired) electrons. The highest BCUT2D eigenvalue weighted by molar-refractivity contribution is 5.84. The standard InChI is InChI=1S/C22H32N6O2/c1-14(2)12-20(29)23-10-6-7-11-24-21-22-27-26-16(5)28(22)19-9-8-17(30-15(3)4)13-18(19)25-21/h8-9,13-15H,6-7,10-12H2,1-5H3,(H,23,29)(H,24,25). The first kappa shape index (κ1) is 21.8. The number of hydrogen-bond acceptors (Lipinski definition) is 6. The zero-order valence-corrected chi connectivity index (χ0v) is 18.5.